The fraction of sp³-hybridized carbons (Fsp3) is 0.227. The zero-order chi connectivity index (χ0) is 20.5. The first-order chi connectivity index (χ1) is 13.4. The molecule has 2 rings (SSSR count). The zero-order valence-electron chi connectivity index (χ0n) is 16.0. The average Bonchev–Trinajstić information content (AvgIpc) is 2.67. The second-order valence-corrected chi connectivity index (χ2v) is 6.40. The van der Waals surface area contributed by atoms with Crippen LogP contribution < -0.4 is 9.47 Å². The number of methoxy groups -OCH3 is 1. The molecule has 0 aliphatic rings. The highest BCUT2D eigenvalue weighted by atomic mass is 16.5. The molecule has 2 aromatic carbocycles. The molecule has 6 nitrogen and oxygen atoms in total. The summed E-state index contributed by atoms with van der Waals surface area (Å²) in [7, 11) is 1.59. The first-order valence-corrected chi connectivity index (χ1v) is 8.79. The molecule has 146 valence electrons. The minimum atomic E-state index is -0.958. The standard InChI is InChI=1S/C22H23NO5/c1-15(2)21(22(25)26)23-14-17-6-11-19(12-7-17)28-20(24)13-8-16-4-9-18(27-3)10-5-16/h4-15,21H,1-3H3,(H,25,26)/b13-8+,23-14?. The Labute approximate surface area is 164 Å². The number of carbonyl (C=O) groups is 2. The molecule has 0 aliphatic heterocycles. The van der Waals surface area contributed by atoms with Gasteiger partial charge in [-0.3, -0.25) is 4.99 Å². The highest BCUT2D eigenvalue weighted by Crippen LogP contribution is 2.14. The predicted octanol–water partition coefficient (Wildman–Crippen LogP) is 3.84. The van der Waals surface area contributed by atoms with Crippen molar-refractivity contribution in [3.05, 3.63) is 65.7 Å². The summed E-state index contributed by atoms with van der Waals surface area (Å²) < 4.78 is 10.3. The van der Waals surface area contributed by atoms with Gasteiger partial charge in [0.15, 0.2) is 0 Å². The van der Waals surface area contributed by atoms with Crippen molar-refractivity contribution in [1.29, 1.82) is 0 Å². The molecule has 0 heterocycles. The molecular weight excluding hydrogens is 358 g/mol. The minimum absolute atomic E-state index is 0.105. The van der Waals surface area contributed by atoms with Crippen LogP contribution in [0, 0.1) is 5.92 Å². The SMILES string of the molecule is COc1ccc(/C=C/C(=O)Oc2ccc(C=NC(C(=O)O)C(C)C)cc2)cc1. The minimum Gasteiger partial charge on any atom is -0.497 e. The third-order valence-electron chi connectivity index (χ3n) is 3.89. The Balaban J connectivity index is 1.94. The van der Waals surface area contributed by atoms with Gasteiger partial charge in [0.25, 0.3) is 0 Å². The van der Waals surface area contributed by atoms with Crippen molar-refractivity contribution in [2.24, 2.45) is 10.9 Å². The maximum atomic E-state index is 11.9. The van der Waals surface area contributed by atoms with Gasteiger partial charge >= 0.3 is 11.9 Å². The van der Waals surface area contributed by atoms with Crippen LogP contribution in [0.5, 0.6) is 11.5 Å². The van der Waals surface area contributed by atoms with Crippen LogP contribution in [0.4, 0.5) is 0 Å². The van der Waals surface area contributed by atoms with Gasteiger partial charge in [-0.25, -0.2) is 9.59 Å². The molecule has 6 heteroatoms. The summed E-state index contributed by atoms with van der Waals surface area (Å²) in [5.74, 6) is -0.429. The van der Waals surface area contributed by atoms with Crippen LogP contribution in [0.15, 0.2) is 59.6 Å². The van der Waals surface area contributed by atoms with Gasteiger partial charge in [0.2, 0.25) is 0 Å². The van der Waals surface area contributed by atoms with E-state index in [0.717, 1.165) is 16.9 Å². The number of aliphatic carboxylic acids is 1. The van der Waals surface area contributed by atoms with Crippen molar-refractivity contribution in [2.45, 2.75) is 19.9 Å². The van der Waals surface area contributed by atoms with Gasteiger partial charge in [0.05, 0.1) is 7.11 Å². The molecule has 1 atom stereocenters. The van der Waals surface area contributed by atoms with Crippen molar-refractivity contribution >= 4 is 24.2 Å². The number of nitrogens with zero attached hydrogens (tertiary/aromatic N) is 1. The highest BCUT2D eigenvalue weighted by Gasteiger charge is 2.19. The van der Waals surface area contributed by atoms with Crippen molar-refractivity contribution in [1.82, 2.24) is 0 Å². The molecule has 0 spiro atoms. The van der Waals surface area contributed by atoms with Gasteiger partial charge in [0, 0.05) is 12.3 Å². The van der Waals surface area contributed by atoms with E-state index in [1.807, 2.05) is 12.1 Å². The Morgan fingerprint density at radius 1 is 0.964 bits per heavy atom. The van der Waals surface area contributed by atoms with E-state index in [1.165, 1.54) is 12.3 Å². The Bertz CT molecular complexity index is 852. The van der Waals surface area contributed by atoms with Crippen molar-refractivity contribution in [2.75, 3.05) is 7.11 Å². The summed E-state index contributed by atoms with van der Waals surface area (Å²) in [5, 5.41) is 9.14. The first kappa shape index (κ1) is 20.9. The molecule has 28 heavy (non-hydrogen) atoms. The summed E-state index contributed by atoms with van der Waals surface area (Å²) in [5.41, 5.74) is 1.57. The lowest BCUT2D eigenvalue weighted by Gasteiger charge is -2.10. The number of aliphatic imine (C=N–C) groups is 1. The molecule has 0 radical (unpaired) electrons. The fourth-order valence-corrected chi connectivity index (χ4v) is 2.34. The lowest BCUT2D eigenvalue weighted by molar-refractivity contribution is -0.139. The van der Waals surface area contributed by atoms with Crippen LogP contribution in [0.2, 0.25) is 0 Å². The number of carboxylic acids is 1. The Morgan fingerprint density at radius 2 is 1.54 bits per heavy atom. The molecule has 0 fully saturated rings. The maximum Gasteiger partial charge on any atom is 0.336 e. The van der Waals surface area contributed by atoms with E-state index in [0.29, 0.717) is 5.75 Å². The number of ether oxygens (including phenoxy) is 2. The Morgan fingerprint density at radius 3 is 2.07 bits per heavy atom. The van der Waals surface area contributed by atoms with Crippen molar-refractivity contribution < 1.29 is 24.2 Å². The maximum absolute atomic E-state index is 11.9. The number of rotatable bonds is 8. The van der Waals surface area contributed by atoms with Crippen LogP contribution in [0.3, 0.4) is 0 Å². The van der Waals surface area contributed by atoms with E-state index < -0.39 is 18.0 Å². The smallest absolute Gasteiger partial charge is 0.336 e. The first-order valence-electron chi connectivity index (χ1n) is 8.79. The quantitative estimate of drug-likeness (QED) is 0.325. The summed E-state index contributed by atoms with van der Waals surface area (Å²) in [6.07, 6.45) is 4.51. The summed E-state index contributed by atoms with van der Waals surface area (Å²) >= 11 is 0. The molecular formula is C22H23NO5. The van der Waals surface area contributed by atoms with Gasteiger partial charge < -0.3 is 14.6 Å². The van der Waals surface area contributed by atoms with Crippen LogP contribution >= 0.6 is 0 Å². The van der Waals surface area contributed by atoms with Gasteiger partial charge in [0.1, 0.15) is 17.5 Å². The van der Waals surface area contributed by atoms with Crippen LogP contribution in [-0.4, -0.2) is 36.4 Å². The van der Waals surface area contributed by atoms with Crippen molar-refractivity contribution in [3.8, 4) is 11.5 Å². The highest BCUT2D eigenvalue weighted by molar-refractivity contribution is 5.89. The second-order valence-electron chi connectivity index (χ2n) is 6.40. The molecule has 1 unspecified atom stereocenters. The van der Waals surface area contributed by atoms with Gasteiger partial charge in [-0.2, -0.15) is 0 Å². The molecule has 0 bridgehead atoms. The number of hydrogen-bond acceptors (Lipinski definition) is 5. The van der Waals surface area contributed by atoms with Gasteiger partial charge in [-0.15, -0.1) is 0 Å². The van der Waals surface area contributed by atoms with E-state index in [1.54, 1.807) is 63.4 Å². The monoisotopic (exact) mass is 381 g/mol. The summed E-state index contributed by atoms with van der Waals surface area (Å²) in [6, 6.07) is 13.2. The lowest BCUT2D eigenvalue weighted by Crippen LogP contribution is -2.24. The number of esters is 1. The molecule has 0 amide bonds. The molecule has 0 aromatic heterocycles. The fourth-order valence-electron chi connectivity index (χ4n) is 2.34. The van der Waals surface area contributed by atoms with Crippen LogP contribution in [0.25, 0.3) is 6.08 Å². The second kappa shape index (κ2) is 10.1. The normalized spacial score (nSPS) is 12.4. The van der Waals surface area contributed by atoms with Gasteiger partial charge in [-0.1, -0.05) is 26.0 Å². The van der Waals surface area contributed by atoms with Crippen LogP contribution in [0.1, 0.15) is 25.0 Å². The van der Waals surface area contributed by atoms with Crippen molar-refractivity contribution in [3.63, 3.8) is 0 Å². The molecule has 0 saturated heterocycles. The third-order valence-corrected chi connectivity index (χ3v) is 3.89. The number of hydrogen-bond donors (Lipinski definition) is 1. The van der Waals surface area contributed by atoms with Gasteiger partial charge in [-0.05, 0) is 59.5 Å². The number of benzene rings is 2. The number of carboxylic acid groups (broad SMARTS) is 1. The Kier molecular flexibility index (Phi) is 7.51. The predicted molar refractivity (Wildman–Crippen MR) is 108 cm³/mol. The largest absolute Gasteiger partial charge is 0.497 e. The zero-order valence-corrected chi connectivity index (χ0v) is 16.0. The average molecular weight is 381 g/mol. The van der Waals surface area contributed by atoms with E-state index in [9.17, 15) is 9.59 Å². The lowest BCUT2D eigenvalue weighted by atomic mass is 10.1. The molecule has 1 N–H and O–H groups in total. The van der Waals surface area contributed by atoms with E-state index in [2.05, 4.69) is 4.99 Å². The topological polar surface area (TPSA) is 85.2 Å². The van der Waals surface area contributed by atoms with E-state index in [-0.39, 0.29) is 5.92 Å². The number of carbonyl (C=O) groups excluding carboxylic acids is 1. The molecule has 0 aliphatic carbocycles. The summed E-state index contributed by atoms with van der Waals surface area (Å²) in [6.45, 7) is 3.61. The third kappa shape index (κ3) is 6.39. The summed E-state index contributed by atoms with van der Waals surface area (Å²) in [4.78, 5) is 27.2. The molecule has 0 saturated carbocycles. The van der Waals surface area contributed by atoms with E-state index in [4.69, 9.17) is 14.6 Å². The van der Waals surface area contributed by atoms with E-state index >= 15 is 0 Å². The molecule has 2 aromatic rings. The Hall–Kier alpha value is -3.41. The van der Waals surface area contributed by atoms with Crippen LogP contribution in [-0.2, 0) is 9.59 Å².